The third kappa shape index (κ3) is 2.84. The molecule has 1 aromatic heterocycles. The molecule has 2 aromatic rings. The van der Waals surface area contributed by atoms with E-state index in [9.17, 15) is 0 Å². The SMILES string of the molecule is CCCNc1ncnc(NCC2Cc3ccccc32)c1C. The average Bonchev–Trinajstić information content (AvgIpc) is 2.48. The standard InChI is InChI=1S/C17H22N4/c1-3-8-18-16-12(2)17(21-11-20-16)19-10-14-9-13-6-4-5-7-15(13)14/h4-7,11,14H,3,8-10H2,1-2H3,(H2,18,19,20,21). The van der Waals surface area contributed by atoms with E-state index in [2.05, 4.69) is 58.7 Å². The van der Waals surface area contributed by atoms with E-state index in [1.165, 1.54) is 11.1 Å². The number of nitrogens with zero attached hydrogens (tertiary/aromatic N) is 2. The fourth-order valence-corrected chi connectivity index (χ4v) is 2.81. The van der Waals surface area contributed by atoms with Crippen LogP contribution in [0.3, 0.4) is 0 Å². The molecule has 0 spiro atoms. The van der Waals surface area contributed by atoms with Gasteiger partial charge in [-0.1, -0.05) is 31.2 Å². The predicted molar refractivity (Wildman–Crippen MR) is 86.9 cm³/mol. The minimum atomic E-state index is 0.600. The van der Waals surface area contributed by atoms with E-state index in [1.54, 1.807) is 6.33 Å². The first kappa shape index (κ1) is 13.9. The molecule has 1 aliphatic rings. The maximum atomic E-state index is 4.37. The Morgan fingerprint density at radius 2 is 1.90 bits per heavy atom. The van der Waals surface area contributed by atoms with Crippen molar-refractivity contribution in [2.75, 3.05) is 23.7 Å². The quantitative estimate of drug-likeness (QED) is 0.853. The maximum absolute atomic E-state index is 4.37. The van der Waals surface area contributed by atoms with Crippen LogP contribution in [-0.4, -0.2) is 23.1 Å². The zero-order chi connectivity index (χ0) is 14.7. The molecule has 1 aromatic carbocycles. The van der Waals surface area contributed by atoms with E-state index < -0.39 is 0 Å². The van der Waals surface area contributed by atoms with Crippen LogP contribution in [0.4, 0.5) is 11.6 Å². The van der Waals surface area contributed by atoms with Gasteiger partial charge in [0, 0.05) is 24.6 Å². The molecule has 0 radical (unpaired) electrons. The number of aromatic nitrogens is 2. The monoisotopic (exact) mass is 282 g/mol. The van der Waals surface area contributed by atoms with Crippen molar-refractivity contribution in [3.8, 4) is 0 Å². The lowest BCUT2D eigenvalue weighted by Gasteiger charge is -2.30. The highest BCUT2D eigenvalue weighted by molar-refractivity contribution is 5.56. The summed E-state index contributed by atoms with van der Waals surface area (Å²) in [4.78, 5) is 8.68. The van der Waals surface area contributed by atoms with Crippen molar-refractivity contribution in [1.82, 2.24) is 9.97 Å². The molecule has 1 heterocycles. The van der Waals surface area contributed by atoms with Crippen molar-refractivity contribution in [3.63, 3.8) is 0 Å². The molecular weight excluding hydrogens is 260 g/mol. The minimum absolute atomic E-state index is 0.600. The zero-order valence-corrected chi connectivity index (χ0v) is 12.7. The Labute approximate surface area is 126 Å². The number of benzene rings is 1. The van der Waals surface area contributed by atoms with Gasteiger partial charge in [0.05, 0.1) is 0 Å². The van der Waals surface area contributed by atoms with E-state index >= 15 is 0 Å². The summed E-state index contributed by atoms with van der Waals surface area (Å²) < 4.78 is 0. The van der Waals surface area contributed by atoms with Crippen LogP contribution in [0.2, 0.25) is 0 Å². The molecule has 21 heavy (non-hydrogen) atoms. The summed E-state index contributed by atoms with van der Waals surface area (Å²) in [7, 11) is 0. The minimum Gasteiger partial charge on any atom is -0.370 e. The molecule has 0 amide bonds. The van der Waals surface area contributed by atoms with Crippen molar-refractivity contribution in [3.05, 3.63) is 47.3 Å². The Hall–Kier alpha value is -2.10. The number of fused-ring (bicyclic) bond motifs is 1. The van der Waals surface area contributed by atoms with Gasteiger partial charge >= 0.3 is 0 Å². The molecule has 110 valence electrons. The lowest BCUT2D eigenvalue weighted by Crippen LogP contribution is -2.24. The highest BCUT2D eigenvalue weighted by atomic mass is 15.1. The Morgan fingerprint density at radius 3 is 2.67 bits per heavy atom. The lowest BCUT2D eigenvalue weighted by molar-refractivity contribution is 0.634. The molecule has 0 fully saturated rings. The van der Waals surface area contributed by atoms with E-state index in [1.807, 2.05) is 0 Å². The van der Waals surface area contributed by atoms with Gasteiger partial charge in [-0.25, -0.2) is 9.97 Å². The van der Waals surface area contributed by atoms with Crippen LogP contribution in [0, 0.1) is 6.92 Å². The second-order valence-corrected chi connectivity index (χ2v) is 5.60. The fraction of sp³-hybridized carbons (Fsp3) is 0.412. The molecular formula is C17H22N4. The van der Waals surface area contributed by atoms with E-state index in [0.29, 0.717) is 5.92 Å². The molecule has 0 saturated heterocycles. The summed E-state index contributed by atoms with van der Waals surface area (Å²) >= 11 is 0. The maximum Gasteiger partial charge on any atom is 0.134 e. The van der Waals surface area contributed by atoms with Crippen LogP contribution >= 0.6 is 0 Å². The van der Waals surface area contributed by atoms with Gasteiger partial charge in [-0.05, 0) is 30.9 Å². The Bertz CT molecular complexity index is 624. The van der Waals surface area contributed by atoms with Crippen LogP contribution in [0.1, 0.15) is 36.0 Å². The molecule has 0 bridgehead atoms. The topological polar surface area (TPSA) is 49.8 Å². The van der Waals surface area contributed by atoms with Gasteiger partial charge in [-0.3, -0.25) is 0 Å². The Morgan fingerprint density at radius 1 is 1.14 bits per heavy atom. The number of hydrogen-bond donors (Lipinski definition) is 2. The summed E-state index contributed by atoms with van der Waals surface area (Å²) in [6, 6.07) is 8.68. The summed E-state index contributed by atoms with van der Waals surface area (Å²) in [6.07, 6.45) is 3.88. The van der Waals surface area contributed by atoms with E-state index in [4.69, 9.17) is 0 Å². The average molecular weight is 282 g/mol. The van der Waals surface area contributed by atoms with Gasteiger partial charge in [0.2, 0.25) is 0 Å². The van der Waals surface area contributed by atoms with Crippen molar-refractivity contribution < 1.29 is 0 Å². The van der Waals surface area contributed by atoms with Gasteiger partial charge in [-0.2, -0.15) is 0 Å². The van der Waals surface area contributed by atoms with Gasteiger partial charge in [0.1, 0.15) is 18.0 Å². The molecule has 1 atom stereocenters. The second-order valence-electron chi connectivity index (χ2n) is 5.60. The Kier molecular flexibility index (Phi) is 4.04. The second kappa shape index (κ2) is 6.12. The summed E-state index contributed by atoms with van der Waals surface area (Å²) in [5.74, 6) is 2.47. The largest absolute Gasteiger partial charge is 0.370 e. The molecule has 0 saturated carbocycles. The number of anilines is 2. The van der Waals surface area contributed by atoms with Crippen LogP contribution in [0.5, 0.6) is 0 Å². The number of rotatable bonds is 6. The van der Waals surface area contributed by atoms with Gasteiger partial charge in [-0.15, -0.1) is 0 Å². The van der Waals surface area contributed by atoms with Crippen molar-refractivity contribution in [2.45, 2.75) is 32.6 Å². The molecule has 3 rings (SSSR count). The van der Waals surface area contributed by atoms with Gasteiger partial charge in [0.25, 0.3) is 0 Å². The third-order valence-corrected chi connectivity index (χ3v) is 4.10. The van der Waals surface area contributed by atoms with E-state index in [-0.39, 0.29) is 0 Å². The van der Waals surface area contributed by atoms with Crippen LogP contribution in [0.25, 0.3) is 0 Å². The first-order chi connectivity index (χ1) is 10.3. The number of hydrogen-bond acceptors (Lipinski definition) is 4. The predicted octanol–water partition coefficient (Wildman–Crippen LogP) is 3.36. The van der Waals surface area contributed by atoms with Crippen molar-refractivity contribution in [2.24, 2.45) is 0 Å². The molecule has 1 aliphatic carbocycles. The normalized spacial score (nSPS) is 16.0. The molecule has 1 unspecified atom stereocenters. The fourth-order valence-electron chi connectivity index (χ4n) is 2.81. The van der Waals surface area contributed by atoms with Crippen molar-refractivity contribution in [1.29, 1.82) is 0 Å². The van der Waals surface area contributed by atoms with Crippen LogP contribution < -0.4 is 10.6 Å². The van der Waals surface area contributed by atoms with Crippen LogP contribution in [-0.2, 0) is 6.42 Å². The number of nitrogens with one attached hydrogen (secondary N) is 2. The highest BCUT2D eigenvalue weighted by Crippen LogP contribution is 2.34. The van der Waals surface area contributed by atoms with Gasteiger partial charge in [0.15, 0.2) is 0 Å². The zero-order valence-electron chi connectivity index (χ0n) is 12.7. The van der Waals surface area contributed by atoms with Gasteiger partial charge < -0.3 is 10.6 Å². The molecule has 0 aliphatic heterocycles. The van der Waals surface area contributed by atoms with Crippen LogP contribution in [0.15, 0.2) is 30.6 Å². The molecule has 4 nitrogen and oxygen atoms in total. The highest BCUT2D eigenvalue weighted by Gasteiger charge is 2.25. The van der Waals surface area contributed by atoms with E-state index in [0.717, 1.165) is 43.1 Å². The first-order valence-corrected chi connectivity index (χ1v) is 7.66. The molecule has 4 heteroatoms. The first-order valence-electron chi connectivity index (χ1n) is 7.66. The smallest absolute Gasteiger partial charge is 0.134 e. The lowest BCUT2D eigenvalue weighted by atomic mass is 9.77. The molecule has 2 N–H and O–H groups in total. The Balaban J connectivity index is 1.64. The third-order valence-electron chi connectivity index (χ3n) is 4.10. The summed E-state index contributed by atoms with van der Waals surface area (Å²) in [5.41, 5.74) is 4.05. The van der Waals surface area contributed by atoms with Crippen molar-refractivity contribution >= 4 is 11.6 Å². The summed E-state index contributed by atoms with van der Waals surface area (Å²) in [6.45, 7) is 6.08. The summed E-state index contributed by atoms with van der Waals surface area (Å²) in [5, 5.41) is 6.82.